The van der Waals surface area contributed by atoms with Crippen LogP contribution in [0.1, 0.15) is 24.3 Å². The molecule has 4 rings (SSSR count). The number of nitrogens with zero attached hydrogens (tertiary/aromatic N) is 2. The highest BCUT2D eigenvalue weighted by atomic mass is 32.1. The largest absolute Gasteiger partial charge is 0.388 e. The van der Waals surface area contributed by atoms with Crippen LogP contribution >= 0.6 is 11.3 Å². The molecule has 0 saturated carbocycles. The Morgan fingerprint density at radius 2 is 2.26 bits per heavy atom. The summed E-state index contributed by atoms with van der Waals surface area (Å²) in [4.78, 5) is 7.13. The first-order valence-electron chi connectivity index (χ1n) is 7.05. The molecule has 2 unspecified atom stereocenters. The van der Waals surface area contributed by atoms with E-state index in [1.54, 1.807) is 11.3 Å². The van der Waals surface area contributed by atoms with E-state index in [0.717, 1.165) is 36.5 Å². The maximum atomic E-state index is 11.0. The van der Waals surface area contributed by atoms with Gasteiger partial charge in [0.05, 0.1) is 20.8 Å². The first-order valence-corrected chi connectivity index (χ1v) is 7.87. The molecule has 4 heteroatoms. The third-order valence-electron chi connectivity index (χ3n) is 4.61. The predicted molar refractivity (Wildman–Crippen MR) is 77.5 cm³/mol. The van der Waals surface area contributed by atoms with E-state index in [1.807, 2.05) is 12.1 Å². The van der Waals surface area contributed by atoms with Crippen LogP contribution in [0.3, 0.4) is 0 Å². The van der Waals surface area contributed by atoms with Crippen molar-refractivity contribution in [2.24, 2.45) is 0 Å². The Hall–Kier alpha value is -0.970. The van der Waals surface area contributed by atoms with Gasteiger partial charge in [-0.3, -0.25) is 4.90 Å². The second-order valence-electron chi connectivity index (χ2n) is 5.80. The summed E-state index contributed by atoms with van der Waals surface area (Å²) in [5, 5.41) is 12.0. The molecule has 2 aromatic rings. The highest BCUT2D eigenvalue weighted by molar-refractivity contribution is 7.18. The number of fused-ring (bicyclic) bond motifs is 2. The maximum Gasteiger partial charge on any atom is 0.0967 e. The van der Waals surface area contributed by atoms with E-state index >= 15 is 0 Å². The molecule has 2 atom stereocenters. The van der Waals surface area contributed by atoms with E-state index in [0.29, 0.717) is 12.5 Å². The minimum Gasteiger partial charge on any atom is -0.388 e. The Morgan fingerprint density at radius 3 is 3.16 bits per heavy atom. The summed E-state index contributed by atoms with van der Waals surface area (Å²) in [5.74, 6) is 0. The topological polar surface area (TPSA) is 36.4 Å². The van der Waals surface area contributed by atoms with Crippen LogP contribution in [0.15, 0.2) is 24.3 Å². The normalized spacial score (nSPS) is 31.1. The molecule has 19 heavy (non-hydrogen) atoms. The van der Waals surface area contributed by atoms with E-state index in [4.69, 9.17) is 0 Å². The van der Waals surface area contributed by atoms with Gasteiger partial charge < -0.3 is 5.11 Å². The molecule has 0 aliphatic carbocycles. The van der Waals surface area contributed by atoms with Gasteiger partial charge in [-0.05, 0) is 37.9 Å². The Labute approximate surface area is 116 Å². The Kier molecular flexibility index (Phi) is 2.65. The zero-order valence-corrected chi connectivity index (χ0v) is 11.7. The van der Waals surface area contributed by atoms with E-state index in [2.05, 4.69) is 22.0 Å². The maximum absolute atomic E-state index is 11.0. The van der Waals surface area contributed by atoms with Gasteiger partial charge in [0, 0.05) is 19.0 Å². The van der Waals surface area contributed by atoms with Gasteiger partial charge in [-0.1, -0.05) is 12.1 Å². The summed E-state index contributed by atoms with van der Waals surface area (Å²) in [5.41, 5.74) is 0.511. The van der Waals surface area contributed by atoms with Crippen molar-refractivity contribution < 1.29 is 5.11 Å². The lowest BCUT2D eigenvalue weighted by atomic mass is 9.89. The van der Waals surface area contributed by atoms with E-state index in [9.17, 15) is 5.11 Å². The monoisotopic (exact) mass is 274 g/mol. The standard InChI is InChI=1S/C15H18N2OS/c18-15(7-9-17-8-3-6-13(15)17)10-14-16-11-4-1-2-5-12(11)19-14/h1-2,4-5,13,18H,3,6-10H2. The number of para-hydroxylation sites is 1. The molecule has 0 amide bonds. The third kappa shape index (κ3) is 1.90. The third-order valence-corrected chi connectivity index (χ3v) is 5.65. The molecule has 0 bridgehead atoms. The SMILES string of the molecule is OC1(Cc2nc3ccccc3s2)CCN2CCCC21. The molecule has 1 aromatic heterocycles. The second kappa shape index (κ2) is 4.27. The Bertz CT molecular complexity index is 578. The van der Waals surface area contributed by atoms with Crippen molar-refractivity contribution in [3.05, 3.63) is 29.3 Å². The second-order valence-corrected chi connectivity index (χ2v) is 6.91. The summed E-state index contributed by atoms with van der Waals surface area (Å²) >= 11 is 1.73. The number of aliphatic hydroxyl groups is 1. The van der Waals surface area contributed by atoms with Crippen molar-refractivity contribution in [1.82, 2.24) is 9.88 Å². The molecule has 2 aliphatic heterocycles. The number of hydrogen-bond donors (Lipinski definition) is 1. The van der Waals surface area contributed by atoms with Crippen LogP contribution in [0, 0.1) is 0 Å². The molecule has 2 aliphatic rings. The minimum atomic E-state index is -0.551. The molecule has 2 fully saturated rings. The summed E-state index contributed by atoms with van der Waals surface area (Å²) in [6.45, 7) is 2.21. The Balaban J connectivity index is 1.63. The molecule has 3 heterocycles. The summed E-state index contributed by atoms with van der Waals surface area (Å²) in [6, 6.07) is 8.59. The van der Waals surface area contributed by atoms with Crippen molar-refractivity contribution in [3.8, 4) is 0 Å². The minimum absolute atomic E-state index is 0.361. The van der Waals surface area contributed by atoms with Gasteiger partial charge in [0.25, 0.3) is 0 Å². The number of rotatable bonds is 2. The quantitative estimate of drug-likeness (QED) is 0.914. The highest BCUT2D eigenvalue weighted by Gasteiger charge is 2.48. The lowest BCUT2D eigenvalue weighted by Gasteiger charge is -2.29. The molecule has 3 nitrogen and oxygen atoms in total. The number of benzene rings is 1. The fourth-order valence-electron chi connectivity index (χ4n) is 3.67. The molecular weight excluding hydrogens is 256 g/mol. The first kappa shape index (κ1) is 11.8. The first-order chi connectivity index (χ1) is 9.24. The fourth-order valence-corrected chi connectivity index (χ4v) is 4.75. The summed E-state index contributed by atoms with van der Waals surface area (Å²) in [6.07, 6.45) is 3.98. The van der Waals surface area contributed by atoms with Gasteiger partial charge in [0.1, 0.15) is 0 Å². The van der Waals surface area contributed by atoms with Crippen LogP contribution < -0.4 is 0 Å². The van der Waals surface area contributed by atoms with Gasteiger partial charge >= 0.3 is 0 Å². The summed E-state index contributed by atoms with van der Waals surface area (Å²) < 4.78 is 1.22. The molecule has 2 saturated heterocycles. The van der Waals surface area contributed by atoms with Crippen LogP contribution in [-0.4, -0.2) is 39.7 Å². The van der Waals surface area contributed by atoms with Crippen molar-refractivity contribution in [1.29, 1.82) is 0 Å². The molecule has 0 spiro atoms. The molecule has 100 valence electrons. The molecule has 0 radical (unpaired) electrons. The highest BCUT2D eigenvalue weighted by Crippen LogP contribution is 2.39. The number of hydrogen-bond acceptors (Lipinski definition) is 4. The van der Waals surface area contributed by atoms with Crippen LogP contribution in [0.5, 0.6) is 0 Å². The van der Waals surface area contributed by atoms with Gasteiger partial charge in [0.2, 0.25) is 0 Å². The van der Waals surface area contributed by atoms with Crippen molar-refractivity contribution in [2.75, 3.05) is 13.1 Å². The molecule has 1 N–H and O–H groups in total. The lowest BCUT2D eigenvalue weighted by Crippen LogP contribution is -2.42. The Morgan fingerprint density at radius 1 is 1.37 bits per heavy atom. The van der Waals surface area contributed by atoms with E-state index in [1.165, 1.54) is 11.1 Å². The van der Waals surface area contributed by atoms with Crippen molar-refractivity contribution in [2.45, 2.75) is 37.3 Å². The van der Waals surface area contributed by atoms with Crippen LogP contribution in [0.4, 0.5) is 0 Å². The van der Waals surface area contributed by atoms with Crippen LogP contribution in [0.2, 0.25) is 0 Å². The molecular formula is C15H18N2OS. The van der Waals surface area contributed by atoms with Crippen LogP contribution in [-0.2, 0) is 6.42 Å². The van der Waals surface area contributed by atoms with Crippen molar-refractivity contribution in [3.63, 3.8) is 0 Å². The van der Waals surface area contributed by atoms with Gasteiger partial charge in [-0.25, -0.2) is 4.98 Å². The lowest BCUT2D eigenvalue weighted by molar-refractivity contribution is 0.0141. The zero-order valence-electron chi connectivity index (χ0n) is 10.9. The number of thiazole rings is 1. The molecule has 1 aromatic carbocycles. The van der Waals surface area contributed by atoms with E-state index in [-0.39, 0.29) is 0 Å². The van der Waals surface area contributed by atoms with Gasteiger partial charge in [-0.15, -0.1) is 11.3 Å². The average Bonchev–Trinajstić information content (AvgIpc) is 3.07. The fraction of sp³-hybridized carbons (Fsp3) is 0.533. The number of aromatic nitrogens is 1. The van der Waals surface area contributed by atoms with Gasteiger partial charge in [0.15, 0.2) is 0 Å². The van der Waals surface area contributed by atoms with Gasteiger partial charge in [-0.2, -0.15) is 0 Å². The van der Waals surface area contributed by atoms with E-state index < -0.39 is 5.60 Å². The smallest absolute Gasteiger partial charge is 0.0967 e. The predicted octanol–water partition coefficient (Wildman–Crippen LogP) is 2.44. The van der Waals surface area contributed by atoms with Crippen LogP contribution in [0.25, 0.3) is 10.2 Å². The van der Waals surface area contributed by atoms with Crippen molar-refractivity contribution >= 4 is 21.6 Å². The zero-order chi connectivity index (χ0) is 12.9. The summed E-state index contributed by atoms with van der Waals surface area (Å²) in [7, 11) is 0. The average molecular weight is 274 g/mol.